The number of esters is 1. The van der Waals surface area contributed by atoms with Gasteiger partial charge in [0.15, 0.2) is 0 Å². The van der Waals surface area contributed by atoms with E-state index in [4.69, 9.17) is 15.9 Å². The van der Waals surface area contributed by atoms with Gasteiger partial charge in [-0.25, -0.2) is 0 Å². The van der Waals surface area contributed by atoms with E-state index in [1.807, 2.05) is 53.4 Å². The first-order chi connectivity index (χ1) is 16.5. The van der Waals surface area contributed by atoms with Crippen molar-refractivity contribution in [3.63, 3.8) is 0 Å². The summed E-state index contributed by atoms with van der Waals surface area (Å²) < 4.78 is 5.81. The summed E-state index contributed by atoms with van der Waals surface area (Å²) in [5.74, 6) is 0.0158. The van der Waals surface area contributed by atoms with Crippen LogP contribution in [0, 0.1) is 11.3 Å². The molecule has 4 rings (SSSR count). The Morgan fingerprint density at radius 3 is 1.97 bits per heavy atom. The van der Waals surface area contributed by atoms with Gasteiger partial charge in [0.2, 0.25) is 5.91 Å². The number of piperidine rings is 1. The molecule has 0 atom stereocenters. The number of nitrogens with two attached hydrogens (primary N) is 1. The Bertz CT molecular complexity index is 985. The molecule has 0 aromatic heterocycles. The maximum absolute atomic E-state index is 12.8. The van der Waals surface area contributed by atoms with Crippen molar-refractivity contribution in [2.24, 2.45) is 11.7 Å². The molecule has 0 bridgehead atoms. The SMILES string of the molecule is N=C(N)c1ccc(-c2ccc(CC(=O)N3CCC(C(=O)OC4CCCCCC4)CC3)cc2)cc1. The molecule has 0 radical (unpaired) electrons. The monoisotopic (exact) mass is 461 g/mol. The first-order valence-electron chi connectivity index (χ1n) is 12.5. The Kier molecular flexibility index (Phi) is 7.99. The molecule has 2 aromatic rings. The standard InChI is InChI=1S/C28H35N3O3/c29-27(30)23-13-11-22(12-14-23)21-9-7-20(8-10-21)19-26(32)31-17-15-24(16-18-31)28(33)34-25-5-3-1-2-4-6-25/h7-14,24-25H,1-6,15-19H2,(H3,29,30). The van der Waals surface area contributed by atoms with Crippen molar-refractivity contribution < 1.29 is 14.3 Å². The van der Waals surface area contributed by atoms with E-state index >= 15 is 0 Å². The Labute approximate surface area is 202 Å². The molecule has 1 aliphatic heterocycles. The molecule has 0 spiro atoms. The minimum atomic E-state index is -0.0824. The Balaban J connectivity index is 1.25. The zero-order chi connectivity index (χ0) is 23.9. The number of nitrogens with zero attached hydrogens (tertiary/aromatic N) is 1. The number of carbonyl (C=O) groups excluding carboxylic acids is 2. The molecule has 180 valence electrons. The van der Waals surface area contributed by atoms with E-state index in [1.165, 1.54) is 12.8 Å². The van der Waals surface area contributed by atoms with Crippen LogP contribution >= 0.6 is 0 Å². The van der Waals surface area contributed by atoms with Crippen LogP contribution < -0.4 is 5.73 Å². The summed E-state index contributed by atoms with van der Waals surface area (Å²) >= 11 is 0. The molecule has 2 aliphatic rings. The van der Waals surface area contributed by atoms with E-state index in [9.17, 15) is 9.59 Å². The van der Waals surface area contributed by atoms with Crippen LogP contribution in [0.25, 0.3) is 11.1 Å². The van der Waals surface area contributed by atoms with Gasteiger partial charge in [-0.2, -0.15) is 0 Å². The van der Waals surface area contributed by atoms with E-state index in [0.717, 1.165) is 42.4 Å². The van der Waals surface area contributed by atoms with Gasteiger partial charge in [0, 0.05) is 18.7 Å². The third-order valence-corrected chi connectivity index (χ3v) is 7.10. The van der Waals surface area contributed by atoms with Crippen molar-refractivity contribution in [3.05, 3.63) is 59.7 Å². The predicted octanol–water partition coefficient (Wildman–Crippen LogP) is 4.68. The second-order valence-electron chi connectivity index (χ2n) is 9.57. The average molecular weight is 462 g/mol. The fourth-order valence-electron chi connectivity index (χ4n) is 4.93. The summed E-state index contributed by atoms with van der Waals surface area (Å²) in [6.07, 6.45) is 8.59. The first-order valence-corrected chi connectivity index (χ1v) is 12.5. The minimum absolute atomic E-state index is 0.0564. The van der Waals surface area contributed by atoms with E-state index in [-0.39, 0.29) is 29.7 Å². The molecular weight excluding hydrogens is 426 g/mol. The molecule has 2 fully saturated rings. The van der Waals surface area contributed by atoms with Crippen molar-refractivity contribution >= 4 is 17.7 Å². The summed E-state index contributed by atoms with van der Waals surface area (Å²) in [7, 11) is 0. The number of carbonyl (C=O) groups is 2. The van der Waals surface area contributed by atoms with E-state index < -0.39 is 0 Å². The van der Waals surface area contributed by atoms with E-state index in [2.05, 4.69) is 0 Å². The van der Waals surface area contributed by atoms with Gasteiger partial charge in [0.25, 0.3) is 0 Å². The molecule has 1 aliphatic carbocycles. The van der Waals surface area contributed by atoms with Gasteiger partial charge in [-0.3, -0.25) is 15.0 Å². The number of amidine groups is 1. The number of hydrogen-bond donors (Lipinski definition) is 2. The normalized spacial score (nSPS) is 17.7. The smallest absolute Gasteiger partial charge is 0.309 e. The number of amides is 1. The Morgan fingerprint density at radius 2 is 1.41 bits per heavy atom. The number of rotatable bonds is 6. The highest BCUT2D eigenvalue weighted by molar-refractivity contribution is 5.95. The molecule has 1 amide bonds. The second kappa shape index (κ2) is 11.3. The molecule has 6 nitrogen and oxygen atoms in total. The van der Waals surface area contributed by atoms with E-state index in [1.54, 1.807) is 0 Å². The molecule has 1 saturated carbocycles. The van der Waals surface area contributed by atoms with Crippen LogP contribution in [0.5, 0.6) is 0 Å². The molecule has 1 saturated heterocycles. The second-order valence-corrected chi connectivity index (χ2v) is 9.57. The highest BCUT2D eigenvalue weighted by atomic mass is 16.5. The van der Waals surface area contributed by atoms with Gasteiger partial charge < -0.3 is 15.4 Å². The van der Waals surface area contributed by atoms with Crippen molar-refractivity contribution in [1.29, 1.82) is 5.41 Å². The van der Waals surface area contributed by atoms with Crippen LogP contribution in [-0.4, -0.2) is 41.8 Å². The maximum atomic E-state index is 12.8. The van der Waals surface area contributed by atoms with Gasteiger partial charge in [0.05, 0.1) is 12.3 Å². The Hall–Kier alpha value is -3.15. The number of likely N-dealkylation sites (tertiary alicyclic amines) is 1. The van der Waals surface area contributed by atoms with Gasteiger partial charge in [-0.15, -0.1) is 0 Å². The van der Waals surface area contributed by atoms with Crippen molar-refractivity contribution in [2.75, 3.05) is 13.1 Å². The Morgan fingerprint density at radius 1 is 0.853 bits per heavy atom. The predicted molar refractivity (Wildman–Crippen MR) is 133 cm³/mol. The third-order valence-electron chi connectivity index (χ3n) is 7.10. The van der Waals surface area contributed by atoms with E-state index in [0.29, 0.717) is 37.9 Å². The largest absolute Gasteiger partial charge is 0.462 e. The zero-order valence-electron chi connectivity index (χ0n) is 19.8. The van der Waals surface area contributed by atoms with Crippen LogP contribution in [0.2, 0.25) is 0 Å². The number of nitrogen functional groups attached to an aromatic ring is 1. The van der Waals surface area contributed by atoms with Gasteiger partial charge in [0.1, 0.15) is 11.9 Å². The van der Waals surface area contributed by atoms with Crippen molar-refractivity contribution in [3.8, 4) is 11.1 Å². The summed E-state index contributed by atoms with van der Waals surface area (Å²) in [5, 5.41) is 7.50. The lowest BCUT2D eigenvalue weighted by atomic mass is 9.96. The number of ether oxygens (including phenoxy) is 1. The van der Waals surface area contributed by atoms with Crippen LogP contribution in [0.15, 0.2) is 48.5 Å². The number of nitrogens with one attached hydrogen (secondary N) is 1. The maximum Gasteiger partial charge on any atom is 0.309 e. The zero-order valence-corrected chi connectivity index (χ0v) is 19.8. The molecule has 3 N–H and O–H groups in total. The highest BCUT2D eigenvalue weighted by Gasteiger charge is 2.30. The molecule has 1 heterocycles. The molecular formula is C28H35N3O3. The first kappa shape index (κ1) is 24.0. The van der Waals surface area contributed by atoms with Crippen molar-refractivity contribution in [1.82, 2.24) is 4.90 Å². The third kappa shape index (κ3) is 6.25. The summed E-state index contributed by atoms with van der Waals surface area (Å²) in [5.41, 5.74) is 9.29. The average Bonchev–Trinajstić information content (AvgIpc) is 3.13. The lowest BCUT2D eigenvalue weighted by Crippen LogP contribution is -2.41. The summed E-state index contributed by atoms with van der Waals surface area (Å²) in [6.45, 7) is 1.23. The van der Waals surface area contributed by atoms with Crippen LogP contribution in [0.3, 0.4) is 0 Å². The quantitative estimate of drug-likeness (QED) is 0.282. The van der Waals surface area contributed by atoms with Crippen LogP contribution in [0.4, 0.5) is 0 Å². The fourth-order valence-corrected chi connectivity index (χ4v) is 4.93. The topological polar surface area (TPSA) is 96.5 Å². The fraction of sp³-hybridized carbons (Fsp3) is 0.464. The van der Waals surface area contributed by atoms with Gasteiger partial charge in [-0.05, 0) is 55.2 Å². The molecule has 34 heavy (non-hydrogen) atoms. The minimum Gasteiger partial charge on any atom is -0.462 e. The summed E-state index contributed by atoms with van der Waals surface area (Å²) in [4.78, 5) is 27.3. The lowest BCUT2D eigenvalue weighted by Gasteiger charge is -2.31. The van der Waals surface area contributed by atoms with Gasteiger partial charge >= 0.3 is 5.97 Å². The number of hydrogen-bond acceptors (Lipinski definition) is 4. The number of benzene rings is 2. The molecule has 6 heteroatoms. The highest BCUT2D eigenvalue weighted by Crippen LogP contribution is 2.25. The van der Waals surface area contributed by atoms with Gasteiger partial charge in [-0.1, -0.05) is 61.4 Å². The van der Waals surface area contributed by atoms with Crippen LogP contribution in [0.1, 0.15) is 62.5 Å². The molecule has 0 unspecified atom stereocenters. The van der Waals surface area contributed by atoms with Crippen LogP contribution in [-0.2, 0) is 20.7 Å². The van der Waals surface area contributed by atoms with Crippen molar-refractivity contribution in [2.45, 2.75) is 63.9 Å². The summed E-state index contributed by atoms with van der Waals surface area (Å²) in [6, 6.07) is 15.6. The molecule has 2 aromatic carbocycles. The lowest BCUT2D eigenvalue weighted by molar-refractivity contribution is -0.157.